The van der Waals surface area contributed by atoms with Crippen LogP contribution in [0.1, 0.15) is 36.6 Å². The predicted octanol–water partition coefficient (Wildman–Crippen LogP) is 3.38. The summed E-state index contributed by atoms with van der Waals surface area (Å²) < 4.78 is 0. The van der Waals surface area contributed by atoms with Gasteiger partial charge in [0.2, 0.25) is 5.91 Å². The van der Waals surface area contributed by atoms with E-state index in [0.717, 1.165) is 17.5 Å². The number of hydrogen-bond acceptors (Lipinski definition) is 2. The summed E-state index contributed by atoms with van der Waals surface area (Å²) in [4.78, 5) is 12.3. The monoisotopic (exact) mass is 310 g/mol. The van der Waals surface area contributed by atoms with Crippen molar-refractivity contribution >= 4 is 5.91 Å². The van der Waals surface area contributed by atoms with Gasteiger partial charge in [0.15, 0.2) is 0 Å². The van der Waals surface area contributed by atoms with Gasteiger partial charge in [0.05, 0.1) is 0 Å². The highest BCUT2D eigenvalue weighted by atomic mass is 16.2. The SMILES string of the molecule is Cc1ccc(C(N)C(=O)NCC(C)(C)Cc2ccccc2)cc1. The van der Waals surface area contributed by atoms with E-state index in [1.807, 2.05) is 49.4 Å². The van der Waals surface area contributed by atoms with Gasteiger partial charge in [-0.05, 0) is 29.9 Å². The molecule has 1 amide bonds. The van der Waals surface area contributed by atoms with Crippen molar-refractivity contribution in [3.8, 4) is 0 Å². The van der Waals surface area contributed by atoms with Gasteiger partial charge in [0.1, 0.15) is 6.04 Å². The van der Waals surface area contributed by atoms with Gasteiger partial charge >= 0.3 is 0 Å². The minimum atomic E-state index is -0.622. The Labute approximate surface area is 138 Å². The minimum absolute atomic E-state index is 0.0238. The summed E-state index contributed by atoms with van der Waals surface area (Å²) in [5, 5.41) is 2.99. The maximum atomic E-state index is 12.3. The molecule has 23 heavy (non-hydrogen) atoms. The number of carbonyl (C=O) groups is 1. The molecular formula is C20H26N2O. The molecule has 122 valence electrons. The van der Waals surface area contributed by atoms with Gasteiger partial charge in [-0.1, -0.05) is 74.0 Å². The van der Waals surface area contributed by atoms with Gasteiger partial charge < -0.3 is 11.1 Å². The zero-order valence-corrected chi connectivity index (χ0v) is 14.2. The van der Waals surface area contributed by atoms with E-state index >= 15 is 0 Å². The van der Waals surface area contributed by atoms with Crippen LogP contribution in [0.4, 0.5) is 0 Å². The van der Waals surface area contributed by atoms with Gasteiger partial charge in [-0.3, -0.25) is 4.79 Å². The van der Waals surface area contributed by atoms with E-state index < -0.39 is 6.04 Å². The van der Waals surface area contributed by atoms with Crippen molar-refractivity contribution in [1.82, 2.24) is 5.32 Å². The van der Waals surface area contributed by atoms with E-state index in [2.05, 4.69) is 31.3 Å². The van der Waals surface area contributed by atoms with E-state index in [1.54, 1.807) is 0 Å². The molecule has 0 bridgehead atoms. The van der Waals surface area contributed by atoms with Crippen molar-refractivity contribution in [1.29, 1.82) is 0 Å². The second kappa shape index (κ2) is 7.42. The minimum Gasteiger partial charge on any atom is -0.354 e. The molecule has 1 atom stereocenters. The number of nitrogens with two attached hydrogens (primary N) is 1. The van der Waals surface area contributed by atoms with Crippen LogP contribution in [0.5, 0.6) is 0 Å². The average molecular weight is 310 g/mol. The third kappa shape index (κ3) is 5.22. The fraction of sp³-hybridized carbons (Fsp3) is 0.350. The van der Waals surface area contributed by atoms with Crippen LogP contribution in [0.15, 0.2) is 54.6 Å². The largest absolute Gasteiger partial charge is 0.354 e. The molecule has 0 fully saturated rings. The van der Waals surface area contributed by atoms with Crippen LogP contribution in [0.2, 0.25) is 0 Å². The molecule has 0 aliphatic rings. The lowest BCUT2D eigenvalue weighted by Crippen LogP contribution is -2.40. The molecule has 0 aromatic heterocycles. The van der Waals surface area contributed by atoms with Gasteiger partial charge in [-0.2, -0.15) is 0 Å². The van der Waals surface area contributed by atoms with E-state index in [9.17, 15) is 4.79 Å². The Morgan fingerprint density at radius 3 is 2.30 bits per heavy atom. The Kier molecular flexibility index (Phi) is 5.56. The van der Waals surface area contributed by atoms with Crippen molar-refractivity contribution in [2.45, 2.75) is 33.2 Å². The molecule has 3 N–H and O–H groups in total. The quantitative estimate of drug-likeness (QED) is 0.859. The second-order valence-electron chi connectivity index (χ2n) is 6.93. The van der Waals surface area contributed by atoms with E-state index in [0.29, 0.717) is 6.54 Å². The Balaban J connectivity index is 1.91. The lowest BCUT2D eigenvalue weighted by molar-refractivity contribution is -0.122. The van der Waals surface area contributed by atoms with Crippen LogP contribution in [-0.2, 0) is 11.2 Å². The maximum Gasteiger partial charge on any atom is 0.241 e. The Hall–Kier alpha value is -2.13. The summed E-state index contributed by atoms with van der Waals surface area (Å²) in [6.07, 6.45) is 0.911. The number of hydrogen-bond donors (Lipinski definition) is 2. The number of nitrogens with one attached hydrogen (secondary N) is 1. The molecule has 2 aromatic rings. The molecule has 2 aromatic carbocycles. The number of aryl methyl sites for hydroxylation is 1. The normalized spacial score (nSPS) is 12.7. The third-order valence-corrected chi connectivity index (χ3v) is 3.99. The van der Waals surface area contributed by atoms with Crippen molar-refractivity contribution in [3.05, 3.63) is 71.3 Å². The highest BCUT2D eigenvalue weighted by Gasteiger charge is 2.22. The molecule has 0 spiro atoms. The Bertz CT molecular complexity index is 632. The highest BCUT2D eigenvalue weighted by Crippen LogP contribution is 2.21. The fourth-order valence-electron chi connectivity index (χ4n) is 2.57. The second-order valence-corrected chi connectivity index (χ2v) is 6.93. The molecule has 0 saturated carbocycles. The summed E-state index contributed by atoms with van der Waals surface area (Å²) in [7, 11) is 0. The van der Waals surface area contributed by atoms with Crippen LogP contribution >= 0.6 is 0 Å². The standard InChI is InChI=1S/C20H26N2O/c1-15-9-11-17(12-10-15)18(21)19(23)22-14-20(2,3)13-16-7-5-4-6-8-16/h4-12,18H,13-14,21H2,1-3H3,(H,22,23). The van der Waals surface area contributed by atoms with Gasteiger partial charge in [-0.15, -0.1) is 0 Å². The van der Waals surface area contributed by atoms with Crippen molar-refractivity contribution in [2.24, 2.45) is 11.1 Å². The molecule has 3 nitrogen and oxygen atoms in total. The Morgan fingerprint density at radius 2 is 1.70 bits per heavy atom. The van der Waals surface area contributed by atoms with E-state index in [-0.39, 0.29) is 11.3 Å². The van der Waals surface area contributed by atoms with Gasteiger partial charge in [-0.25, -0.2) is 0 Å². The number of carbonyl (C=O) groups excluding carboxylic acids is 1. The molecule has 0 aliphatic heterocycles. The van der Waals surface area contributed by atoms with Gasteiger partial charge in [0.25, 0.3) is 0 Å². The summed E-state index contributed by atoms with van der Waals surface area (Å²) >= 11 is 0. The van der Waals surface area contributed by atoms with E-state index in [1.165, 1.54) is 5.56 Å². The smallest absolute Gasteiger partial charge is 0.241 e. The van der Waals surface area contributed by atoms with Gasteiger partial charge in [0, 0.05) is 6.54 Å². The summed E-state index contributed by atoms with van der Waals surface area (Å²) in [5.41, 5.74) is 9.31. The first-order chi connectivity index (χ1) is 10.9. The predicted molar refractivity (Wildman–Crippen MR) is 95.0 cm³/mol. The molecular weight excluding hydrogens is 284 g/mol. The number of amides is 1. The van der Waals surface area contributed by atoms with Crippen molar-refractivity contribution in [2.75, 3.05) is 6.54 Å². The number of benzene rings is 2. The van der Waals surface area contributed by atoms with Crippen LogP contribution in [0, 0.1) is 12.3 Å². The topological polar surface area (TPSA) is 55.1 Å². The molecule has 1 unspecified atom stereocenters. The average Bonchev–Trinajstić information content (AvgIpc) is 2.53. The summed E-state index contributed by atoms with van der Waals surface area (Å²) in [5.74, 6) is -0.130. The van der Waals surface area contributed by atoms with Crippen LogP contribution < -0.4 is 11.1 Å². The molecule has 0 radical (unpaired) electrons. The van der Waals surface area contributed by atoms with Crippen molar-refractivity contribution < 1.29 is 4.79 Å². The lowest BCUT2D eigenvalue weighted by atomic mass is 9.85. The molecule has 0 heterocycles. The Morgan fingerprint density at radius 1 is 1.09 bits per heavy atom. The highest BCUT2D eigenvalue weighted by molar-refractivity contribution is 5.82. The molecule has 0 aliphatic carbocycles. The lowest BCUT2D eigenvalue weighted by Gasteiger charge is -2.26. The zero-order valence-electron chi connectivity index (χ0n) is 14.2. The molecule has 0 saturated heterocycles. The van der Waals surface area contributed by atoms with Crippen LogP contribution in [-0.4, -0.2) is 12.5 Å². The first-order valence-electron chi connectivity index (χ1n) is 8.01. The summed E-state index contributed by atoms with van der Waals surface area (Å²) in [6, 6.07) is 17.5. The first kappa shape index (κ1) is 17.2. The molecule has 3 heteroatoms. The maximum absolute atomic E-state index is 12.3. The third-order valence-electron chi connectivity index (χ3n) is 3.99. The van der Waals surface area contributed by atoms with Crippen LogP contribution in [0.3, 0.4) is 0 Å². The fourth-order valence-corrected chi connectivity index (χ4v) is 2.57. The van der Waals surface area contributed by atoms with Crippen LogP contribution in [0.25, 0.3) is 0 Å². The zero-order chi connectivity index (χ0) is 16.9. The number of rotatable bonds is 6. The summed E-state index contributed by atoms with van der Waals surface area (Å²) in [6.45, 7) is 6.91. The molecule has 2 rings (SSSR count). The van der Waals surface area contributed by atoms with Crippen molar-refractivity contribution in [3.63, 3.8) is 0 Å². The first-order valence-corrected chi connectivity index (χ1v) is 8.01. The van der Waals surface area contributed by atoms with E-state index in [4.69, 9.17) is 5.73 Å².